The van der Waals surface area contributed by atoms with E-state index in [0.717, 1.165) is 28.0 Å². The van der Waals surface area contributed by atoms with Crippen LogP contribution in [-0.2, 0) is 13.2 Å². The number of amides is 1. The molecule has 0 saturated carbocycles. The lowest BCUT2D eigenvalue weighted by Gasteiger charge is -2.16. The van der Waals surface area contributed by atoms with E-state index in [-0.39, 0.29) is 12.5 Å². The Bertz CT molecular complexity index is 1010. The molecule has 0 saturated heterocycles. The number of ether oxygens (including phenoxy) is 2. The molecule has 162 valence electrons. The van der Waals surface area contributed by atoms with E-state index in [1.807, 2.05) is 66.7 Å². The van der Waals surface area contributed by atoms with E-state index >= 15 is 0 Å². The largest absolute Gasteiger partial charge is 0.497 e. The zero-order valence-electron chi connectivity index (χ0n) is 18.2. The van der Waals surface area contributed by atoms with E-state index in [1.165, 1.54) is 0 Å². The lowest BCUT2D eigenvalue weighted by Crippen LogP contribution is -2.24. The number of hydrogen-bond acceptors (Lipinski definition) is 4. The molecule has 3 rings (SSSR count). The molecule has 3 aromatic carbocycles. The Labute approximate surface area is 183 Å². The monoisotopic (exact) mass is 419 g/mol. The van der Waals surface area contributed by atoms with Gasteiger partial charge in [-0.3, -0.25) is 4.79 Å². The van der Waals surface area contributed by atoms with Gasteiger partial charge in [-0.1, -0.05) is 56.3 Å². The molecule has 0 heterocycles. The van der Waals surface area contributed by atoms with Gasteiger partial charge >= 0.3 is 0 Å². The van der Waals surface area contributed by atoms with Crippen LogP contribution >= 0.6 is 0 Å². The first-order valence-corrected chi connectivity index (χ1v) is 10.4. The van der Waals surface area contributed by atoms with Crippen LogP contribution in [0.25, 0.3) is 11.1 Å². The molecule has 3 aromatic rings. The first-order valence-electron chi connectivity index (χ1n) is 10.4. The molecule has 5 heteroatoms. The van der Waals surface area contributed by atoms with E-state index in [2.05, 4.69) is 19.2 Å². The van der Waals surface area contributed by atoms with E-state index in [9.17, 15) is 9.90 Å². The summed E-state index contributed by atoms with van der Waals surface area (Å²) in [7, 11) is 1.62. The summed E-state index contributed by atoms with van der Waals surface area (Å²) in [5.41, 5.74) is 4.00. The minimum absolute atomic E-state index is 0.0687. The lowest BCUT2D eigenvalue weighted by atomic mass is 9.97. The van der Waals surface area contributed by atoms with Gasteiger partial charge in [0.05, 0.1) is 25.9 Å². The van der Waals surface area contributed by atoms with Crippen LogP contribution in [0, 0.1) is 5.92 Å². The predicted molar refractivity (Wildman–Crippen MR) is 122 cm³/mol. The van der Waals surface area contributed by atoms with Crippen molar-refractivity contribution in [3.05, 3.63) is 83.4 Å². The van der Waals surface area contributed by atoms with Crippen molar-refractivity contribution in [3.63, 3.8) is 0 Å². The molecule has 0 aromatic heterocycles. The van der Waals surface area contributed by atoms with E-state index < -0.39 is 0 Å². The maximum atomic E-state index is 13.1. The van der Waals surface area contributed by atoms with Gasteiger partial charge in [-0.25, -0.2) is 0 Å². The highest BCUT2D eigenvalue weighted by Gasteiger charge is 2.16. The fraction of sp³-hybridized carbons (Fsp3) is 0.269. The highest BCUT2D eigenvalue weighted by Crippen LogP contribution is 2.29. The van der Waals surface area contributed by atoms with Crippen molar-refractivity contribution in [3.8, 4) is 22.6 Å². The van der Waals surface area contributed by atoms with Crippen LogP contribution in [0.1, 0.15) is 35.3 Å². The summed E-state index contributed by atoms with van der Waals surface area (Å²) >= 11 is 0. The Morgan fingerprint density at radius 2 is 1.77 bits per heavy atom. The van der Waals surface area contributed by atoms with Crippen LogP contribution < -0.4 is 14.8 Å². The highest BCUT2D eigenvalue weighted by atomic mass is 16.5. The molecule has 0 radical (unpaired) electrons. The predicted octanol–water partition coefficient (Wildman–Crippen LogP) is 4.82. The molecule has 2 N–H and O–H groups in total. The van der Waals surface area contributed by atoms with Gasteiger partial charge in [-0.05, 0) is 52.4 Å². The third-order valence-corrected chi connectivity index (χ3v) is 4.91. The van der Waals surface area contributed by atoms with Crippen LogP contribution in [-0.4, -0.2) is 24.7 Å². The maximum absolute atomic E-state index is 13.1. The fourth-order valence-corrected chi connectivity index (χ4v) is 3.22. The number of aliphatic hydroxyl groups is 1. The SMILES string of the molecule is COc1ccc(CNC(=O)c2cc(-c3ccccc3CO)ccc2OCC(C)C)cc1. The van der Waals surface area contributed by atoms with Crippen molar-refractivity contribution in [2.45, 2.75) is 27.0 Å². The first kappa shape index (κ1) is 22.4. The van der Waals surface area contributed by atoms with E-state index in [1.54, 1.807) is 7.11 Å². The Balaban J connectivity index is 1.87. The minimum atomic E-state index is -0.210. The number of nitrogens with one attached hydrogen (secondary N) is 1. The number of methoxy groups -OCH3 is 1. The van der Waals surface area contributed by atoms with Crippen molar-refractivity contribution >= 4 is 5.91 Å². The van der Waals surface area contributed by atoms with Crippen LogP contribution in [0.5, 0.6) is 11.5 Å². The second kappa shape index (κ2) is 10.6. The van der Waals surface area contributed by atoms with Gasteiger partial charge in [-0.15, -0.1) is 0 Å². The Hall–Kier alpha value is -3.31. The normalized spacial score (nSPS) is 10.7. The third kappa shape index (κ3) is 5.86. The van der Waals surface area contributed by atoms with E-state index in [0.29, 0.717) is 30.4 Å². The maximum Gasteiger partial charge on any atom is 0.255 e. The second-order valence-electron chi connectivity index (χ2n) is 7.76. The summed E-state index contributed by atoms with van der Waals surface area (Å²) in [4.78, 5) is 13.1. The van der Waals surface area contributed by atoms with Gasteiger partial charge in [0.15, 0.2) is 0 Å². The molecule has 0 aliphatic carbocycles. The summed E-state index contributed by atoms with van der Waals surface area (Å²) < 4.78 is 11.1. The second-order valence-corrected chi connectivity index (χ2v) is 7.76. The van der Waals surface area contributed by atoms with Crippen molar-refractivity contribution < 1.29 is 19.4 Å². The standard InChI is InChI=1S/C26H29NO4/c1-18(2)17-31-25-13-10-20(23-7-5-4-6-21(23)16-28)14-24(25)26(29)27-15-19-8-11-22(30-3)12-9-19/h4-14,18,28H,15-17H2,1-3H3,(H,27,29). The van der Waals surface area contributed by atoms with Gasteiger partial charge in [0.2, 0.25) is 0 Å². The van der Waals surface area contributed by atoms with Crippen LogP contribution in [0.4, 0.5) is 0 Å². The zero-order chi connectivity index (χ0) is 22.2. The molecule has 0 atom stereocenters. The average Bonchev–Trinajstić information content (AvgIpc) is 2.81. The molecule has 0 aliphatic heterocycles. The number of carbonyl (C=O) groups is 1. The average molecular weight is 420 g/mol. The molecule has 0 spiro atoms. The molecule has 0 fully saturated rings. The van der Waals surface area contributed by atoms with Crippen LogP contribution in [0.3, 0.4) is 0 Å². The van der Waals surface area contributed by atoms with E-state index in [4.69, 9.17) is 9.47 Å². The van der Waals surface area contributed by atoms with Crippen LogP contribution in [0.2, 0.25) is 0 Å². The summed E-state index contributed by atoms with van der Waals surface area (Å²) in [6.45, 7) is 4.97. The molecular weight excluding hydrogens is 390 g/mol. The van der Waals surface area contributed by atoms with Gasteiger partial charge in [0.1, 0.15) is 11.5 Å². The molecule has 1 amide bonds. The molecule has 5 nitrogen and oxygen atoms in total. The Morgan fingerprint density at radius 1 is 1.03 bits per heavy atom. The van der Waals surface area contributed by atoms with Crippen molar-refractivity contribution in [2.24, 2.45) is 5.92 Å². The van der Waals surface area contributed by atoms with Gasteiger partial charge in [0, 0.05) is 6.54 Å². The quantitative estimate of drug-likeness (QED) is 0.522. The zero-order valence-corrected chi connectivity index (χ0v) is 18.2. The summed E-state index contributed by atoms with van der Waals surface area (Å²) in [5, 5.41) is 12.7. The van der Waals surface area contributed by atoms with Crippen LogP contribution in [0.15, 0.2) is 66.7 Å². The smallest absolute Gasteiger partial charge is 0.255 e. The summed E-state index contributed by atoms with van der Waals surface area (Å²) in [6, 6.07) is 20.8. The molecule has 0 aliphatic rings. The molecular formula is C26H29NO4. The number of hydrogen-bond donors (Lipinski definition) is 2. The number of benzene rings is 3. The third-order valence-electron chi connectivity index (χ3n) is 4.91. The number of aliphatic hydroxyl groups excluding tert-OH is 1. The Morgan fingerprint density at radius 3 is 2.45 bits per heavy atom. The summed E-state index contributed by atoms with van der Waals surface area (Å²) in [6.07, 6.45) is 0. The fourth-order valence-electron chi connectivity index (χ4n) is 3.22. The van der Waals surface area contributed by atoms with Gasteiger partial charge < -0.3 is 19.9 Å². The molecule has 0 bridgehead atoms. The topological polar surface area (TPSA) is 67.8 Å². The van der Waals surface area contributed by atoms with Crippen molar-refractivity contribution in [2.75, 3.05) is 13.7 Å². The number of rotatable bonds is 9. The van der Waals surface area contributed by atoms with Crippen molar-refractivity contribution in [1.29, 1.82) is 0 Å². The lowest BCUT2D eigenvalue weighted by molar-refractivity contribution is 0.0946. The Kier molecular flexibility index (Phi) is 7.68. The molecule has 0 unspecified atom stereocenters. The summed E-state index contributed by atoms with van der Waals surface area (Å²) in [5.74, 6) is 1.45. The molecule has 31 heavy (non-hydrogen) atoms. The van der Waals surface area contributed by atoms with Crippen molar-refractivity contribution in [1.82, 2.24) is 5.32 Å². The van der Waals surface area contributed by atoms with Gasteiger partial charge in [-0.2, -0.15) is 0 Å². The van der Waals surface area contributed by atoms with Gasteiger partial charge in [0.25, 0.3) is 5.91 Å². The minimum Gasteiger partial charge on any atom is -0.497 e. The highest BCUT2D eigenvalue weighted by molar-refractivity contribution is 5.98. The first-order chi connectivity index (χ1) is 15.0. The number of carbonyl (C=O) groups excluding carboxylic acids is 1.